The van der Waals surface area contributed by atoms with Gasteiger partial charge in [0.1, 0.15) is 6.10 Å². The van der Waals surface area contributed by atoms with Crippen LogP contribution in [-0.4, -0.2) is 14.9 Å². The topological polar surface area (TPSA) is 38.0 Å². The summed E-state index contributed by atoms with van der Waals surface area (Å²) in [6.45, 7) is 8.08. The molecule has 0 saturated heterocycles. The lowest BCUT2D eigenvalue weighted by Crippen LogP contribution is -2.29. The number of aromatic nitrogens is 2. The predicted molar refractivity (Wildman–Crippen MR) is 82.0 cm³/mol. The smallest absolute Gasteiger partial charge is 0.106 e. The van der Waals surface area contributed by atoms with E-state index in [1.807, 2.05) is 58.0 Å². The average molecular weight is 293 g/mol. The molecule has 2 aromatic rings. The van der Waals surface area contributed by atoms with E-state index in [1.165, 1.54) is 0 Å². The zero-order valence-electron chi connectivity index (χ0n) is 12.3. The highest BCUT2D eigenvalue weighted by Gasteiger charge is 2.35. The van der Waals surface area contributed by atoms with Crippen molar-refractivity contribution >= 4 is 11.6 Å². The molecule has 0 radical (unpaired) electrons. The fourth-order valence-electron chi connectivity index (χ4n) is 2.39. The molecule has 0 saturated carbocycles. The molecular formula is C16H21ClN2O. The molecule has 1 aromatic heterocycles. The lowest BCUT2D eigenvalue weighted by molar-refractivity contribution is 0.0899. The summed E-state index contributed by atoms with van der Waals surface area (Å²) >= 11 is 6.23. The maximum atomic E-state index is 10.9. The Bertz CT molecular complexity index is 575. The number of aliphatic hydroxyl groups excluding tert-OH is 1. The molecule has 1 heterocycles. The number of hydrogen-bond donors (Lipinski definition) is 1. The highest BCUT2D eigenvalue weighted by atomic mass is 35.5. The van der Waals surface area contributed by atoms with Gasteiger partial charge in [-0.25, -0.2) is 0 Å². The first kappa shape index (κ1) is 15.1. The number of aliphatic hydroxyl groups is 1. The largest absolute Gasteiger partial charge is 0.386 e. The Kier molecular flexibility index (Phi) is 4.21. The molecule has 2 rings (SSSR count). The third-order valence-corrected chi connectivity index (χ3v) is 4.03. The second-order valence-corrected chi connectivity index (χ2v) is 6.31. The molecule has 20 heavy (non-hydrogen) atoms. The molecule has 0 aliphatic carbocycles. The third kappa shape index (κ3) is 2.60. The normalized spacial score (nSPS) is 13.8. The summed E-state index contributed by atoms with van der Waals surface area (Å²) in [7, 11) is 0. The van der Waals surface area contributed by atoms with Gasteiger partial charge in [0, 0.05) is 11.5 Å². The quantitative estimate of drug-likeness (QED) is 0.920. The first-order valence-electron chi connectivity index (χ1n) is 6.82. The van der Waals surface area contributed by atoms with E-state index in [1.54, 1.807) is 10.9 Å². The van der Waals surface area contributed by atoms with Gasteiger partial charge in [0.25, 0.3) is 0 Å². The van der Waals surface area contributed by atoms with Gasteiger partial charge in [0.2, 0.25) is 0 Å². The average Bonchev–Trinajstić information content (AvgIpc) is 2.80. The van der Waals surface area contributed by atoms with Crippen molar-refractivity contribution < 1.29 is 5.11 Å². The minimum Gasteiger partial charge on any atom is -0.386 e. The van der Waals surface area contributed by atoms with Crippen molar-refractivity contribution in [1.82, 2.24) is 9.78 Å². The number of nitrogens with zero attached hydrogens (tertiary/aromatic N) is 2. The lowest BCUT2D eigenvalue weighted by Gasteiger charge is -2.32. The molecule has 1 N–H and O–H groups in total. The summed E-state index contributed by atoms with van der Waals surface area (Å²) in [5.74, 6) is 0. The molecule has 1 aromatic carbocycles. The Hall–Kier alpha value is -1.32. The van der Waals surface area contributed by atoms with E-state index in [0.717, 1.165) is 5.56 Å². The first-order valence-corrected chi connectivity index (χ1v) is 7.20. The predicted octanol–water partition coefficient (Wildman–Crippen LogP) is 4.13. The molecule has 4 heteroatoms. The molecule has 0 fully saturated rings. The highest BCUT2D eigenvalue weighted by Crippen LogP contribution is 2.39. The van der Waals surface area contributed by atoms with Crippen LogP contribution >= 0.6 is 11.6 Å². The molecule has 0 aliphatic rings. The fraction of sp³-hybridized carbons (Fsp3) is 0.438. The number of benzene rings is 1. The van der Waals surface area contributed by atoms with Gasteiger partial charge in [-0.3, -0.25) is 4.68 Å². The molecular weight excluding hydrogens is 272 g/mol. The molecule has 3 nitrogen and oxygen atoms in total. The minimum absolute atomic E-state index is 0.152. The first-order chi connectivity index (χ1) is 9.35. The van der Waals surface area contributed by atoms with Crippen molar-refractivity contribution in [2.24, 2.45) is 0 Å². The maximum Gasteiger partial charge on any atom is 0.106 e. The van der Waals surface area contributed by atoms with Gasteiger partial charge in [0.05, 0.1) is 16.9 Å². The van der Waals surface area contributed by atoms with E-state index in [4.69, 9.17) is 11.6 Å². The summed E-state index contributed by atoms with van der Waals surface area (Å²) in [6, 6.07) is 10.1. The van der Waals surface area contributed by atoms with Crippen molar-refractivity contribution in [2.75, 3.05) is 0 Å². The maximum absolute atomic E-state index is 10.9. The molecule has 108 valence electrons. The summed E-state index contributed by atoms with van der Waals surface area (Å²) in [5, 5.41) is 15.6. The van der Waals surface area contributed by atoms with Gasteiger partial charge in [-0.05, 0) is 19.4 Å². The van der Waals surface area contributed by atoms with Gasteiger partial charge in [-0.15, -0.1) is 0 Å². The van der Waals surface area contributed by atoms with Crippen LogP contribution in [0.5, 0.6) is 0 Å². The standard InChI is InChI=1S/C16H21ClN2O/c1-11(2)19-14(13(17)10-18-19)15(20)16(3,4)12-8-6-5-7-9-12/h5-11,15,20H,1-4H3. The second kappa shape index (κ2) is 5.58. The van der Waals surface area contributed by atoms with Crippen LogP contribution in [0.25, 0.3) is 0 Å². The number of rotatable bonds is 4. The van der Waals surface area contributed by atoms with Crippen LogP contribution in [0, 0.1) is 0 Å². The highest BCUT2D eigenvalue weighted by molar-refractivity contribution is 6.31. The van der Waals surface area contributed by atoms with Gasteiger partial charge in [0.15, 0.2) is 0 Å². The van der Waals surface area contributed by atoms with E-state index in [-0.39, 0.29) is 6.04 Å². The fourth-order valence-corrected chi connectivity index (χ4v) is 2.62. The van der Waals surface area contributed by atoms with Crippen LogP contribution < -0.4 is 0 Å². The third-order valence-electron chi connectivity index (χ3n) is 3.74. The Balaban J connectivity index is 2.46. The van der Waals surface area contributed by atoms with E-state index in [9.17, 15) is 5.11 Å². The molecule has 0 spiro atoms. The van der Waals surface area contributed by atoms with Crippen LogP contribution in [0.4, 0.5) is 0 Å². The summed E-state index contributed by atoms with van der Waals surface area (Å²) < 4.78 is 1.79. The molecule has 0 aliphatic heterocycles. The van der Waals surface area contributed by atoms with E-state index in [0.29, 0.717) is 10.7 Å². The van der Waals surface area contributed by atoms with Crippen LogP contribution in [0.15, 0.2) is 36.5 Å². The monoisotopic (exact) mass is 292 g/mol. The van der Waals surface area contributed by atoms with Gasteiger partial charge < -0.3 is 5.11 Å². The molecule has 0 amide bonds. The Morgan fingerprint density at radius 3 is 2.35 bits per heavy atom. The van der Waals surface area contributed by atoms with Crippen molar-refractivity contribution in [2.45, 2.75) is 45.3 Å². The van der Waals surface area contributed by atoms with E-state index >= 15 is 0 Å². The van der Waals surface area contributed by atoms with Crippen molar-refractivity contribution in [3.05, 3.63) is 52.8 Å². The van der Waals surface area contributed by atoms with Crippen molar-refractivity contribution in [3.8, 4) is 0 Å². The van der Waals surface area contributed by atoms with Crippen LogP contribution in [0.1, 0.15) is 51.1 Å². The minimum atomic E-state index is -0.720. The Labute approximate surface area is 125 Å². The van der Waals surface area contributed by atoms with Crippen LogP contribution in [-0.2, 0) is 5.41 Å². The second-order valence-electron chi connectivity index (χ2n) is 5.91. The summed E-state index contributed by atoms with van der Waals surface area (Å²) in [5.41, 5.74) is 1.30. The van der Waals surface area contributed by atoms with Crippen LogP contribution in [0.2, 0.25) is 5.02 Å². The van der Waals surface area contributed by atoms with E-state index < -0.39 is 11.5 Å². The SMILES string of the molecule is CC(C)n1ncc(Cl)c1C(O)C(C)(C)c1ccccc1. The van der Waals surface area contributed by atoms with Crippen molar-refractivity contribution in [1.29, 1.82) is 0 Å². The molecule has 1 unspecified atom stereocenters. The molecule has 1 atom stereocenters. The Morgan fingerprint density at radius 2 is 1.80 bits per heavy atom. The summed E-state index contributed by atoms with van der Waals surface area (Å²) in [4.78, 5) is 0. The van der Waals surface area contributed by atoms with E-state index in [2.05, 4.69) is 5.10 Å². The summed E-state index contributed by atoms with van der Waals surface area (Å²) in [6.07, 6.45) is 0.878. The zero-order valence-corrected chi connectivity index (χ0v) is 13.1. The number of hydrogen-bond acceptors (Lipinski definition) is 2. The van der Waals surface area contributed by atoms with Gasteiger partial charge >= 0.3 is 0 Å². The van der Waals surface area contributed by atoms with Gasteiger partial charge in [-0.2, -0.15) is 5.10 Å². The Morgan fingerprint density at radius 1 is 1.20 bits per heavy atom. The van der Waals surface area contributed by atoms with Crippen LogP contribution in [0.3, 0.4) is 0 Å². The number of halogens is 1. The van der Waals surface area contributed by atoms with Crippen molar-refractivity contribution in [3.63, 3.8) is 0 Å². The zero-order chi connectivity index (χ0) is 14.9. The lowest BCUT2D eigenvalue weighted by atomic mass is 9.78. The van der Waals surface area contributed by atoms with Gasteiger partial charge in [-0.1, -0.05) is 55.8 Å². The molecule has 0 bridgehead atoms.